The van der Waals surface area contributed by atoms with Gasteiger partial charge in [0.25, 0.3) is 5.56 Å². The second-order valence-electron chi connectivity index (χ2n) is 3.89. The van der Waals surface area contributed by atoms with Crippen LogP contribution in [0.1, 0.15) is 32.4 Å². The third-order valence-corrected chi connectivity index (χ3v) is 2.29. The minimum absolute atomic E-state index is 0.341. The summed E-state index contributed by atoms with van der Waals surface area (Å²) in [7, 11) is 0. The highest BCUT2D eigenvalue weighted by Crippen LogP contribution is 2.00. The van der Waals surface area contributed by atoms with Crippen LogP contribution in [0.25, 0.3) is 0 Å². The molecule has 0 saturated heterocycles. The summed E-state index contributed by atoms with van der Waals surface area (Å²) in [5, 5.41) is 0. The first kappa shape index (κ1) is 12.7. The van der Waals surface area contributed by atoms with Gasteiger partial charge in [0.2, 0.25) is 0 Å². The van der Waals surface area contributed by atoms with Crippen molar-refractivity contribution in [3.05, 3.63) is 32.6 Å². The Morgan fingerprint density at radius 2 is 1.75 bits per heavy atom. The first-order valence-electron chi connectivity index (χ1n) is 5.70. The lowest BCUT2D eigenvalue weighted by Gasteiger charge is -2.20. The van der Waals surface area contributed by atoms with E-state index in [1.165, 1.54) is 6.07 Å². The van der Waals surface area contributed by atoms with E-state index in [-0.39, 0.29) is 5.56 Å². The van der Waals surface area contributed by atoms with Crippen molar-refractivity contribution in [3.63, 3.8) is 0 Å². The highest BCUT2D eigenvalue weighted by Gasteiger charge is 2.05. The molecular formula is C11H19N3O2. The van der Waals surface area contributed by atoms with Crippen molar-refractivity contribution in [1.82, 2.24) is 14.9 Å². The maximum Gasteiger partial charge on any atom is 0.325 e. The Morgan fingerprint density at radius 1 is 1.12 bits per heavy atom. The standard InChI is InChI=1S/C11H19N3O2/c1-3-5-14(6-4-2)8-9-7-10(15)13-11(16)12-9/h7H,3-6,8H2,1-2H3,(H2,12,13,15,16). The Balaban J connectivity index is 2.76. The van der Waals surface area contributed by atoms with Crippen molar-refractivity contribution >= 4 is 0 Å². The molecule has 5 heteroatoms. The summed E-state index contributed by atoms with van der Waals surface area (Å²) < 4.78 is 0. The molecule has 0 aliphatic heterocycles. The van der Waals surface area contributed by atoms with E-state index in [4.69, 9.17) is 0 Å². The van der Waals surface area contributed by atoms with Crippen LogP contribution in [0.4, 0.5) is 0 Å². The smallest absolute Gasteiger partial charge is 0.310 e. The molecule has 90 valence electrons. The van der Waals surface area contributed by atoms with Crippen LogP contribution in [0, 0.1) is 0 Å². The second-order valence-corrected chi connectivity index (χ2v) is 3.89. The van der Waals surface area contributed by atoms with Crippen molar-refractivity contribution in [2.45, 2.75) is 33.2 Å². The molecule has 0 radical (unpaired) electrons. The molecule has 0 amide bonds. The third-order valence-electron chi connectivity index (χ3n) is 2.29. The van der Waals surface area contributed by atoms with E-state index in [9.17, 15) is 9.59 Å². The van der Waals surface area contributed by atoms with Crippen molar-refractivity contribution in [2.24, 2.45) is 0 Å². The summed E-state index contributed by atoms with van der Waals surface area (Å²) in [4.78, 5) is 29.2. The van der Waals surface area contributed by atoms with Gasteiger partial charge < -0.3 is 4.98 Å². The van der Waals surface area contributed by atoms with Gasteiger partial charge in [0.15, 0.2) is 0 Å². The number of hydrogen-bond acceptors (Lipinski definition) is 3. The lowest BCUT2D eigenvalue weighted by Crippen LogP contribution is -2.29. The van der Waals surface area contributed by atoms with Gasteiger partial charge in [0.05, 0.1) is 0 Å². The van der Waals surface area contributed by atoms with Gasteiger partial charge in [0, 0.05) is 18.3 Å². The highest BCUT2D eigenvalue weighted by atomic mass is 16.2. The summed E-state index contributed by atoms with van der Waals surface area (Å²) in [6, 6.07) is 1.44. The molecule has 0 fully saturated rings. The number of H-pyrrole nitrogens is 2. The Labute approximate surface area is 94.5 Å². The van der Waals surface area contributed by atoms with Crippen LogP contribution in [0.5, 0.6) is 0 Å². The van der Waals surface area contributed by atoms with Gasteiger partial charge in [-0.1, -0.05) is 13.8 Å². The average molecular weight is 225 g/mol. The summed E-state index contributed by atoms with van der Waals surface area (Å²) in [5.74, 6) is 0. The van der Waals surface area contributed by atoms with Crippen LogP contribution < -0.4 is 11.2 Å². The number of hydrogen-bond donors (Lipinski definition) is 2. The molecule has 0 unspecified atom stereocenters. The summed E-state index contributed by atoms with van der Waals surface area (Å²) >= 11 is 0. The van der Waals surface area contributed by atoms with Crippen LogP contribution >= 0.6 is 0 Å². The largest absolute Gasteiger partial charge is 0.325 e. The zero-order valence-electron chi connectivity index (χ0n) is 9.88. The summed E-state index contributed by atoms with van der Waals surface area (Å²) in [6.45, 7) is 6.80. The Hall–Kier alpha value is -1.36. The molecule has 16 heavy (non-hydrogen) atoms. The lowest BCUT2D eigenvalue weighted by molar-refractivity contribution is 0.263. The fourth-order valence-corrected chi connectivity index (χ4v) is 1.75. The van der Waals surface area contributed by atoms with Gasteiger partial charge in [-0.25, -0.2) is 4.79 Å². The fourth-order valence-electron chi connectivity index (χ4n) is 1.75. The Bertz CT molecular complexity index is 387. The van der Waals surface area contributed by atoms with E-state index in [2.05, 4.69) is 28.7 Å². The van der Waals surface area contributed by atoms with Crippen molar-refractivity contribution in [3.8, 4) is 0 Å². The third kappa shape index (κ3) is 4.02. The molecule has 0 aliphatic carbocycles. The van der Waals surface area contributed by atoms with E-state index in [0.29, 0.717) is 12.2 Å². The zero-order chi connectivity index (χ0) is 12.0. The van der Waals surface area contributed by atoms with Crippen molar-refractivity contribution in [2.75, 3.05) is 13.1 Å². The molecule has 0 spiro atoms. The predicted octanol–water partition coefficient (Wildman–Crippen LogP) is 0.685. The summed E-state index contributed by atoms with van der Waals surface area (Å²) in [6.07, 6.45) is 2.13. The molecule has 1 heterocycles. The molecular weight excluding hydrogens is 206 g/mol. The molecule has 0 saturated carbocycles. The van der Waals surface area contributed by atoms with E-state index in [1.807, 2.05) is 0 Å². The van der Waals surface area contributed by atoms with Crippen LogP contribution in [-0.4, -0.2) is 28.0 Å². The monoisotopic (exact) mass is 225 g/mol. The Morgan fingerprint density at radius 3 is 2.25 bits per heavy atom. The molecule has 2 N–H and O–H groups in total. The highest BCUT2D eigenvalue weighted by molar-refractivity contribution is 4.98. The van der Waals surface area contributed by atoms with Gasteiger partial charge in [-0.15, -0.1) is 0 Å². The quantitative estimate of drug-likeness (QED) is 0.748. The first-order valence-corrected chi connectivity index (χ1v) is 5.70. The SMILES string of the molecule is CCCN(CCC)Cc1cc(=O)[nH]c(=O)[nH]1. The van der Waals surface area contributed by atoms with Gasteiger partial charge in [-0.3, -0.25) is 14.7 Å². The number of nitrogens with one attached hydrogen (secondary N) is 2. The van der Waals surface area contributed by atoms with Gasteiger partial charge in [-0.05, 0) is 25.9 Å². The van der Waals surface area contributed by atoms with E-state index in [0.717, 1.165) is 25.9 Å². The number of rotatable bonds is 6. The molecule has 0 bridgehead atoms. The summed E-state index contributed by atoms with van der Waals surface area (Å²) in [5.41, 5.74) is -0.0993. The molecule has 1 aromatic rings. The van der Waals surface area contributed by atoms with Crippen LogP contribution in [-0.2, 0) is 6.54 Å². The van der Waals surface area contributed by atoms with Crippen molar-refractivity contribution in [1.29, 1.82) is 0 Å². The average Bonchev–Trinajstić information content (AvgIpc) is 2.16. The molecule has 0 aliphatic rings. The number of nitrogens with zero attached hydrogens (tertiary/aromatic N) is 1. The minimum Gasteiger partial charge on any atom is -0.310 e. The van der Waals surface area contributed by atoms with Gasteiger partial charge >= 0.3 is 5.69 Å². The lowest BCUT2D eigenvalue weighted by atomic mass is 10.3. The number of aromatic amines is 2. The number of aromatic nitrogens is 2. The maximum absolute atomic E-state index is 11.1. The van der Waals surface area contributed by atoms with Crippen molar-refractivity contribution < 1.29 is 0 Å². The molecule has 1 aromatic heterocycles. The van der Waals surface area contributed by atoms with Crippen LogP contribution in [0.15, 0.2) is 15.7 Å². The normalized spacial score (nSPS) is 10.9. The maximum atomic E-state index is 11.1. The van der Waals surface area contributed by atoms with E-state index < -0.39 is 5.69 Å². The van der Waals surface area contributed by atoms with Gasteiger partial charge in [0.1, 0.15) is 0 Å². The minimum atomic E-state index is -0.435. The zero-order valence-corrected chi connectivity index (χ0v) is 9.88. The van der Waals surface area contributed by atoms with Crippen LogP contribution in [0.3, 0.4) is 0 Å². The molecule has 0 aromatic carbocycles. The van der Waals surface area contributed by atoms with Gasteiger partial charge in [-0.2, -0.15) is 0 Å². The van der Waals surface area contributed by atoms with E-state index >= 15 is 0 Å². The first-order chi connectivity index (χ1) is 7.65. The molecule has 1 rings (SSSR count). The van der Waals surface area contributed by atoms with Crippen LogP contribution in [0.2, 0.25) is 0 Å². The predicted molar refractivity (Wildman–Crippen MR) is 63.5 cm³/mol. The molecule has 0 atom stereocenters. The second kappa shape index (κ2) is 6.27. The topological polar surface area (TPSA) is 69.0 Å². The fraction of sp³-hybridized carbons (Fsp3) is 0.636. The van der Waals surface area contributed by atoms with E-state index in [1.54, 1.807) is 0 Å². The Kier molecular flexibility index (Phi) is 4.98. The molecule has 5 nitrogen and oxygen atoms in total.